The molecule has 0 aromatic rings. The molecule has 1 heterocycles. The first kappa shape index (κ1) is 10.3. The van der Waals surface area contributed by atoms with Gasteiger partial charge in [0.25, 0.3) is 0 Å². The molecule has 0 spiro atoms. The number of rotatable bonds is 3. The van der Waals surface area contributed by atoms with E-state index in [2.05, 4.69) is 5.32 Å². The van der Waals surface area contributed by atoms with Crippen LogP contribution in [0, 0.1) is 0 Å². The molecule has 76 valence electrons. The largest absolute Gasteiger partial charge is 0.389 e. The van der Waals surface area contributed by atoms with Crippen molar-refractivity contribution in [2.75, 3.05) is 0 Å². The Morgan fingerprint density at radius 1 is 1.54 bits per heavy atom. The lowest BCUT2D eigenvalue weighted by Crippen LogP contribution is -2.58. The SMILES string of the molecule is CC1(CCCC(F)(F)F)CC(=O)N1. The highest BCUT2D eigenvalue weighted by Gasteiger charge is 2.38. The first-order valence-corrected chi connectivity index (χ1v) is 4.19. The van der Waals surface area contributed by atoms with Crippen molar-refractivity contribution in [3.8, 4) is 0 Å². The predicted octanol–water partition coefficient (Wildman–Crippen LogP) is 2.00. The van der Waals surface area contributed by atoms with E-state index >= 15 is 0 Å². The lowest BCUT2D eigenvalue weighted by molar-refractivity contribution is -0.138. The van der Waals surface area contributed by atoms with Gasteiger partial charge in [0.1, 0.15) is 0 Å². The smallest absolute Gasteiger partial charge is 0.350 e. The predicted molar refractivity (Wildman–Crippen MR) is 41.1 cm³/mol. The fourth-order valence-electron chi connectivity index (χ4n) is 1.50. The van der Waals surface area contributed by atoms with Crippen LogP contribution in [0.3, 0.4) is 0 Å². The first-order valence-electron chi connectivity index (χ1n) is 4.19. The Balaban J connectivity index is 2.17. The molecule has 0 radical (unpaired) electrons. The summed E-state index contributed by atoms with van der Waals surface area (Å²) in [7, 11) is 0. The van der Waals surface area contributed by atoms with Gasteiger partial charge in [-0.1, -0.05) is 0 Å². The van der Waals surface area contributed by atoms with Crippen molar-refractivity contribution in [1.29, 1.82) is 0 Å². The van der Waals surface area contributed by atoms with Gasteiger partial charge < -0.3 is 5.32 Å². The quantitative estimate of drug-likeness (QED) is 0.685. The number of carbonyl (C=O) groups excluding carboxylic acids is 1. The molecule has 1 fully saturated rings. The maximum atomic E-state index is 11.7. The Hall–Kier alpha value is -0.740. The van der Waals surface area contributed by atoms with Gasteiger partial charge in [-0.2, -0.15) is 13.2 Å². The normalized spacial score (nSPS) is 28.2. The third-order valence-corrected chi connectivity index (χ3v) is 2.18. The van der Waals surface area contributed by atoms with Crippen molar-refractivity contribution in [1.82, 2.24) is 5.32 Å². The van der Waals surface area contributed by atoms with E-state index in [-0.39, 0.29) is 17.9 Å². The molecule has 0 aromatic heterocycles. The summed E-state index contributed by atoms with van der Waals surface area (Å²) in [6, 6.07) is 0. The van der Waals surface area contributed by atoms with E-state index in [1.54, 1.807) is 6.92 Å². The molecule has 1 rings (SSSR count). The van der Waals surface area contributed by atoms with Crippen LogP contribution in [0.15, 0.2) is 0 Å². The van der Waals surface area contributed by atoms with Crippen LogP contribution in [0.5, 0.6) is 0 Å². The van der Waals surface area contributed by atoms with E-state index in [9.17, 15) is 18.0 Å². The summed E-state index contributed by atoms with van der Waals surface area (Å²) in [4.78, 5) is 10.5. The highest BCUT2D eigenvalue weighted by atomic mass is 19.4. The molecule has 1 atom stereocenters. The van der Waals surface area contributed by atoms with Gasteiger partial charge in [0.15, 0.2) is 0 Å². The topological polar surface area (TPSA) is 29.1 Å². The maximum absolute atomic E-state index is 11.7. The Morgan fingerprint density at radius 3 is 2.46 bits per heavy atom. The zero-order valence-electron chi connectivity index (χ0n) is 7.37. The van der Waals surface area contributed by atoms with Crippen molar-refractivity contribution in [2.24, 2.45) is 0 Å². The molecule has 0 aromatic carbocycles. The second-order valence-corrected chi connectivity index (χ2v) is 3.75. The van der Waals surface area contributed by atoms with Gasteiger partial charge >= 0.3 is 6.18 Å². The van der Waals surface area contributed by atoms with E-state index in [0.29, 0.717) is 12.8 Å². The van der Waals surface area contributed by atoms with E-state index in [1.165, 1.54) is 0 Å². The third-order valence-electron chi connectivity index (χ3n) is 2.18. The van der Waals surface area contributed by atoms with E-state index < -0.39 is 12.6 Å². The summed E-state index contributed by atoms with van der Waals surface area (Å²) < 4.78 is 35.2. The van der Waals surface area contributed by atoms with Crippen LogP contribution >= 0.6 is 0 Å². The second-order valence-electron chi connectivity index (χ2n) is 3.75. The van der Waals surface area contributed by atoms with Gasteiger partial charge in [0.2, 0.25) is 5.91 Å². The summed E-state index contributed by atoms with van der Waals surface area (Å²) >= 11 is 0. The van der Waals surface area contributed by atoms with E-state index in [1.807, 2.05) is 0 Å². The van der Waals surface area contributed by atoms with Crippen LogP contribution < -0.4 is 5.32 Å². The zero-order valence-corrected chi connectivity index (χ0v) is 7.37. The number of β-lactam (4-membered cyclic amide) rings is 1. The number of carbonyl (C=O) groups is 1. The summed E-state index contributed by atoms with van der Waals surface area (Å²) in [5.41, 5.74) is -0.387. The monoisotopic (exact) mass is 195 g/mol. The lowest BCUT2D eigenvalue weighted by Gasteiger charge is -2.39. The third kappa shape index (κ3) is 3.24. The molecule has 0 aliphatic carbocycles. The minimum absolute atomic E-state index is 0.0745. The van der Waals surface area contributed by atoms with Gasteiger partial charge in [-0.15, -0.1) is 0 Å². The van der Waals surface area contributed by atoms with Gasteiger partial charge in [0.05, 0.1) is 0 Å². The number of halogens is 3. The Bertz CT molecular complexity index is 204. The van der Waals surface area contributed by atoms with Gasteiger partial charge in [-0.25, -0.2) is 0 Å². The van der Waals surface area contributed by atoms with Crippen LogP contribution in [0.1, 0.15) is 32.6 Å². The standard InChI is InChI=1S/C8H12F3NO/c1-7(5-6(13)12-7)3-2-4-8(9,10)11/h2-5H2,1H3,(H,12,13). The molecule has 1 N–H and O–H groups in total. The summed E-state index contributed by atoms with van der Waals surface area (Å²) in [6.07, 6.45) is -4.01. The fourth-order valence-corrected chi connectivity index (χ4v) is 1.50. The summed E-state index contributed by atoms with van der Waals surface area (Å²) in [6.45, 7) is 1.77. The minimum Gasteiger partial charge on any atom is -0.350 e. The number of hydrogen-bond acceptors (Lipinski definition) is 1. The Labute approximate surface area is 74.5 Å². The molecule has 5 heteroatoms. The molecule has 0 bridgehead atoms. The molecule has 0 saturated carbocycles. The fraction of sp³-hybridized carbons (Fsp3) is 0.875. The van der Waals surface area contributed by atoms with Crippen LogP contribution in [-0.2, 0) is 4.79 Å². The Morgan fingerprint density at radius 2 is 2.08 bits per heavy atom. The lowest BCUT2D eigenvalue weighted by atomic mass is 9.84. The molecule has 2 nitrogen and oxygen atoms in total. The van der Waals surface area contributed by atoms with Crippen molar-refractivity contribution in [3.63, 3.8) is 0 Å². The molecule has 13 heavy (non-hydrogen) atoms. The number of hydrogen-bond donors (Lipinski definition) is 1. The number of amides is 1. The molecule has 1 saturated heterocycles. The van der Waals surface area contributed by atoms with Crippen molar-refractivity contribution < 1.29 is 18.0 Å². The number of nitrogens with one attached hydrogen (secondary N) is 1. The second kappa shape index (κ2) is 3.20. The highest BCUT2D eigenvalue weighted by molar-refractivity contribution is 5.84. The number of alkyl halides is 3. The Kier molecular flexibility index (Phi) is 2.54. The highest BCUT2D eigenvalue weighted by Crippen LogP contribution is 2.29. The molecular formula is C8H12F3NO. The van der Waals surface area contributed by atoms with Crippen LogP contribution in [-0.4, -0.2) is 17.6 Å². The van der Waals surface area contributed by atoms with Crippen molar-refractivity contribution in [2.45, 2.75) is 44.3 Å². The van der Waals surface area contributed by atoms with Crippen LogP contribution in [0.2, 0.25) is 0 Å². The molecular weight excluding hydrogens is 183 g/mol. The van der Waals surface area contributed by atoms with Gasteiger partial charge in [-0.3, -0.25) is 4.79 Å². The molecule has 1 aliphatic heterocycles. The summed E-state index contributed by atoms with van der Waals surface area (Å²) in [5, 5.41) is 2.60. The van der Waals surface area contributed by atoms with Gasteiger partial charge in [-0.05, 0) is 19.8 Å². The van der Waals surface area contributed by atoms with Crippen LogP contribution in [0.4, 0.5) is 13.2 Å². The first-order chi connectivity index (χ1) is 5.81. The molecule has 1 amide bonds. The van der Waals surface area contributed by atoms with Crippen molar-refractivity contribution >= 4 is 5.91 Å². The average molecular weight is 195 g/mol. The van der Waals surface area contributed by atoms with Gasteiger partial charge in [0, 0.05) is 18.4 Å². The van der Waals surface area contributed by atoms with E-state index in [0.717, 1.165) is 0 Å². The van der Waals surface area contributed by atoms with Crippen LogP contribution in [0.25, 0.3) is 0 Å². The maximum Gasteiger partial charge on any atom is 0.389 e. The minimum atomic E-state index is -4.08. The average Bonchev–Trinajstić information content (AvgIpc) is 1.80. The molecule has 1 unspecified atom stereocenters. The summed E-state index contributed by atoms with van der Waals surface area (Å²) in [5.74, 6) is -0.0745. The van der Waals surface area contributed by atoms with Crippen molar-refractivity contribution in [3.05, 3.63) is 0 Å². The van der Waals surface area contributed by atoms with E-state index in [4.69, 9.17) is 0 Å². The zero-order chi connectivity index (χ0) is 10.1. The molecule has 1 aliphatic rings.